The lowest BCUT2D eigenvalue weighted by Crippen LogP contribution is -2.45. The van der Waals surface area contributed by atoms with E-state index in [0.29, 0.717) is 18.0 Å². The van der Waals surface area contributed by atoms with Gasteiger partial charge in [0.2, 0.25) is 5.91 Å². The Morgan fingerprint density at radius 2 is 1.93 bits per heavy atom. The van der Waals surface area contributed by atoms with Crippen LogP contribution in [-0.2, 0) is 22.7 Å². The van der Waals surface area contributed by atoms with Gasteiger partial charge >= 0.3 is 0 Å². The molecule has 0 radical (unpaired) electrons. The summed E-state index contributed by atoms with van der Waals surface area (Å²) in [7, 11) is 0. The molecule has 0 atom stereocenters. The zero-order valence-electron chi connectivity index (χ0n) is 17.9. The van der Waals surface area contributed by atoms with Gasteiger partial charge in [0.1, 0.15) is 12.3 Å². The van der Waals surface area contributed by atoms with E-state index in [-0.39, 0.29) is 25.0 Å². The second-order valence-electron chi connectivity index (χ2n) is 7.56. The number of unbranched alkanes of at least 4 members (excludes halogenated alkanes) is 1. The number of nitrogens with one attached hydrogen (secondary N) is 1. The van der Waals surface area contributed by atoms with Crippen LogP contribution in [0.1, 0.15) is 37.8 Å². The average Bonchev–Trinajstić information content (AvgIpc) is 2.77. The second-order valence-corrected chi connectivity index (χ2v) is 7.56. The quantitative estimate of drug-likeness (QED) is 0.654. The Labute approximate surface area is 178 Å². The van der Waals surface area contributed by atoms with Gasteiger partial charge in [0.25, 0.3) is 5.91 Å². The standard InChI is InChI=1S/C24H31N3O3/c1-3-5-13-26(4-2)16-20-10-8-9-19(14-20)15-25-23(28)17-27-21-11-6-7-12-22(21)30-18-24(27)29/h6-12,14H,3-5,13,15-18H2,1-2H3,(H,25,28). The Morgan fingerprint density at radius 3 is 2.73 bits per heavy atom. The van der Waals surface area contributed by atoms with E-state index < -0.39 is 0 Å². The molecule has 0 saturated heterocycles. The first kappa shape index (κ1) is 21.8. The molecule has 30 heavy (non-hydrogen) atoms. The Bertz CT molecular complexity index is 868. The molecule has 0 aliphatic carbocycles. The number of ether oxygens (including phenoxy) is 1. The lowest BCUT2D eigenvalue weighted by Gasteiger charge is -2.28. The van der Waals surface area contributed by atoms with Gasteiger partial charge in [-0.25, -0.2) is 0 Å². The molecule has 6 nitrogen and oxygen atoms in total. The molecule has 3 rings (SSSR count). The van der Waals surface area contributed by atoms with Gasteiger partial charge in [-0.15, -0.1) is 0 Å². The molecule has 2 aromatic carbocycles. The van der Waals surface area contributed by atoms with Crippen molar-refractivity contribution in [1.29, 1.82) is 0 Å². The summed E-state index contributed by atoms with van der Waals surface area (Å²) in [5, 5.41) is 2.94. The van der Waals surface area contributed by atoms with E-state index in [2.05, 4.69) is 36.2 Å². The van der Waals surface area contributed by atoms with Gasteiger partial charge in [-0.2, -0.15) is 0 Å². The van der Waals surface area contributed by atoms with Crippen LogP contribution < -0.4 is 15.0 Å². The number of para-hydroxylation sites is 2. The number of rotatable bonds is 10. The van der Waals surface area contributed by atoms with E-state index in [9.17, 15) is 9.59 Å². The van der Waals surface area contributed by atoms with Crippen molar-refractivity contribution in [2.45, 2.75) is 39.8 Å². The van der Waals surface area contributed by atoms with E-state index in [4.69, 9.17) is 4.74 Å². The van der Waals surface area contributed by atoms with E-state index in [1.807, 2.05) is 24.3 Å². The Kier molecular flexibility index (Phi) is 7.85. The van der Waals surface area contributed by atoms with E-state index >= 15 is 0 Å². The largest absolute Gasteiger partial charge is 0.482 e. The molecule has 0 spiro atoms. The SMILES string of the molecule is CCCCN(CC)Cc1cccc(CNC(=O)CN2C(=O)COc3ccccc32)c1. The summed E-state index contributed by atoms with van der Waals surface area (Å²) in [4.78, 5) is 28.7. The second kappa shape index (κ2) is 10.8. The minimum absolute atomic E-state index is 0.0144. The number of fused-ring (bicyclic) bond motifs is 1. The third kappa shape index (κ3) is 5.83. The van der Waals surface area contributed by atoms with Gasteiger partial charge in [-0.3, -0.25) is 19.4 Å². The molecule has 2 aromatic rings. The van der Waals surface area contributed by atoms with Crippen LogP contribution in [0.25, 0.3) is 0 Å². The fourth-order valence-corrected chi connectivity index (χ4v) is 3.55. The van der Waals surface area contributed by atoms with E-state index in [0.717, 1.165) is 25.2 Å². The van der Waals surface area contributed by atoms with Gasteiger partial charge in [0.15, 0.2) is 6.61 Å². The normalized spacial score (nSPS) is 13.2. The van der Waals surface area contributed by atoms with Crippen LogP contribution in [0.3, 0.4) is 0 Å². The first-order valence-electron chi connectivity index (χ1n) is 10.7. The zero-order chi connectivity index (χ0) is 21.3. The van der Waals surface area contributed by atoms with Gasteiger partial charge in [-0.1, -0.05) is 56.7 Å². The highest BCUT2D eigenvalue weighted by molar-refractivity contribution is 6.02. The predicted molar refractivity (Wildman–Crippen MR) is 118 cm³/mol. The number of anilines is 1. The monoisotopic (exact) mass is 409 g/mol. The van der Waals surface area contributed by atoms with Crippen LogP contribution in [0.15, 0.2) is 48.5 Å². The molecule has 0 fully saturated rings. The first-order valence-corrected chi connectivity index (χ1v) is 10.7. The van der Waals surface area contributed by atoms with Crippen molar-refractivity contribution in [3.63, 3.8) is 0 Å². The van der Waals surface area contributed by atoms with Gasteiger partial charge in [0.05, 0.1) is 5.69 Å². The summed E-state index contributed by atoms with van der Waals surface area (Å²) in [6, 6.07) is 15.6. The smallest absolute Gasteiger partial charge is 0.265 e. The lowest BCUT2D eigenvalue weighted by atomic mass is 10.1. The number of carbonyl (C=O) groups is 2. The predicted octanol–water partition coefficient (Wildman–Crippen LogP) is 3.35. The van der Waals surface area contributed by atoms with Crippen molar-refractivity contribution < 1.29 is 14.3 Å². The number of amides is 2. The van der Waals surface area contributed by atoms with Crippen molar-refractivity contribution in [2.75, 3.05) is 31.1 Å². The topological polar surface area (TPSA) is 61.9 Å². The highest BCUT2D eigenvalue weighted by Gasteiger charge is 2.26. The molecule has 0 bridgehead atoms. The third-order valence-electron chi connectivity index (χ3n) is 5.27. The fourth-order valence-electron chi connectivity index (χ4n) is 3.55. The van der Waals surface area contributed by atoms with Crippen LogP contribution in [0.4, 0.5) is 5.69 Å². The maximum absolute atomic E-state index is 12.5. The molecule has 0 unspecified atom stereocenters. The number of benzene rings is 2. The molecule has 0 saturated carbocycles. The number of hydrogen-bond acceptors (Lipinski definition) is 4. The van der Waals surface area contributed by atoms with Crippen LogP contribution >= 0.6 is 0 Å². The van der Waals surface area contributed by atoms with Crippen molar-refractivity contribution in [1.82, 2.24) is 10.2 Å². The maximum Gasteiger partial charge on any atom is 0.265 e. The van der Waals surface area contributed by atoms with Crippen molar-refractivity contribution in [2.24, 2.45) is 0 Å². The molecule has 1 N–H and O–H groups in total. The molecular formula is C24H31N3O3. The number of nitrogens with zero attached hydrogens (tertiary/aromatic N) is 2. The summed E-state index contributed by atoms with van der Waals surface area (Å²) in [6.45, 7) is 7.81. The van der Waals surface area contributed by atoms with Crippen LogP contribution in [0.5, 0.6) is 5.75 Å². The maximum atomic E-state index is 12.5. The molecule has 1 heterocycles. The van der Waals surface area contributed by atoms with Gasteiger partial charge in [0, 0.05) is 13.1 Å². The van der Waals surface area contributed by atoms with E-state index in [1.54, 1.807) is 12.1 Å². The van der Waals surface area contributed by atoms with Crippen molar-refractivity contribution in [3.8, 4) is 5.75 Å². The Hall–Kier alpha value is -2.86. The first-order chi connectivity index (χ1) is 14.6. The summed E-state index contributed by atoms with van der Waals surface area (Å²) < 4.78 is 5.43. The Balaban J connectivity index is 1.56. The van der Waals surface area contributed by atoms with Crippen molar-refractivity contribution >= 4 is 17.5 Å². The highest BCUT2D eigenvalue weighted by atomic mass is 16.5. The molecule has 1 aliphatic heterocycles. The number of hydrogen-bond donors (Lipinski definition) is 1. The van der Waals surface area contributed by atoms with Crippen LogP contribution in [0.2, 0.25) is 0 Å². The Morgan fingerprint density at radius 1 is 1.13 bits per heavy atom. The van der Waals surface area contributed by atoms with Gasteiger partial charge in [-0.05, 0) is 42.8 Å². The molecule has 160 valence electrons. The minimum Gasteiger partial charge on any atom is -0.482 e. The molecule has 1 aliphatic rings. The van der Waals surface area contributed by atoms with Gasteiger partial charge < -0.3 is 10.1 Å². The summed E-state index contributed by atoms with van der Waals surface area (Å²) in [5.41, 5.74) is 2.94. The molecular weight excluding hydrogens is 378 g/mol. The van der Waals surface area contributed by atoms with Crippen LogP contribution in [0, 0.1) is 0 Å². The minimum atomic E-state index is -0.211. The third-order valence-corrected chi connectivity index (χ3v) is 5.27. The molecule has 0 aromatic heterocycles. The summed E-state index contributed by atoms with van der Waals surface area (Å²) >= 11 is 0. The van der Waals surface area contributed by atoms with E-state index in [1.165, 1.54) is 23.3 Å². The molecule has 6 heteroatoms. The highest BCUT2D eigenvalue weighted by Crippen LogP contribution is 2.31. The van der Waals surface area contributed by atoms with Crippen LogP contribution in [-0.4, -0.2) is 43.0 Å². The number of carbonyl (C=O) groups excluding carboxylic acids is 2. The summed E-state index contributed by atoms with van der Waals surface area (Å²) in [6.07, 6.45) is 2.39. The zero-order valence-corrected chi connectivity index (χ0v) is 17.9. The van der Waals surface area contributed by atoms with Crippen molar-refractivity contribution in [3.05, 3.63) is 59.7 Å². The lowest BCUT2D eigenvalue weighted by molar-refractivity contribution is -0.125. The fraction of sp³-hybridized carbons (Fsp3) is 0.417. The molecule has 2 amide bonds. The summed E-state index contributed by atoms with van der Waals surface area (Å²) in [5.74, 6) is 0.224. The average molecular weight is 410 g/mol.